The van der Waals surface area contributed by atoms with Gasteiger partial charge in [-0.2, -0.15) is 0 Å². The molecule has 21 heavy (non-hydrogen) atoms. The summed E-state index contributed by atoms with van der Waals surface area (Å²) >= 11 is 0. The van der Waals surface area contributed by atoms with Crippen LogP contribution in [0.5, 0.6) is 0 Å². The van der Waals surface area contributed by atoms with Gasteiger partial charge in [0.15, 0.2) is 0 Å². The SMILES string of the molecule is CC(Cn1ccnc1)NC(=O)C1NCCc2ccccc21. The lowest BCUT2D eigenvalue weighted by Gasteiger charge is -2.27. The molecule has 1 aromatic carbocycles. The van der Waals surface area contributed by atoms with Gasteiger partial charge in [-0.3, -0.25) is 4.79 Å². The van der Waals surface area contributed by atoms with Gasteiger partial charge < -0.3 is 15.2 Å². The Morgan fingerprint density at radius 2 is 2.38 bits per heavy atom. The molecule has 5 nitrogen and oxygen atoms in total. The highest BCUT2D eigenvalue weighted by molar-refractivity contribution is 5.84. The first-order chi connectivity index (χ1) is 10.2. The van der Waals surface area contributed by atoms with E-state index in [-0.39, 0.29) is 18.0 Å². The minimum atomic E-state index is -0.250. The molecular weight excluding hydrogens is 264 g/mol. The van der Waals surface area contributed by atoms with Crippen LogP contribution < -0.4 is 10.6 Å². The fraction of sp³-hybridized carbons (Fsp3) is 0.375. The van der Waals surface area contributed by atoms with Crippen molar-refractivity contribution in [3.05, 3.63) is 54.1 Å². The number of carbonyl (C=O) groups excluding carboxylic acids is 1. The van der Waals surface area contributed by atoms with Crippen molar-refractivity contribution in [3.8, 4) is 0 Å². The predicted molar refractivity (Wildman–Crippen MR) is 80.7 cm³/mol. The highest BCUT2D eigenvalue weighted by Crippen LogP contribution is 2.22. The van der Waals surface area contributed by atoms with Gasteiger partial charge in [0.25, 0.3) is 0 Å². The van der Waals surface area contributed by atoms with Crippen molar-refractivity contribution in [1.82, 2.24) is 20.2 Å². The largest absolute Gasteiger partial charge is 0.350 e. The van der Waals surface area contributed by atoms with E-state index in [4.69, 9.17) is 0 Å². The summed E-state index contributed by atoms with van der Waals surface area (Å²) in [7, 11) is 0. The molecular formula is C16H20N4O. The maximum atomic E-state index is 12.5. The summed E-state index contributed by atoms with van der Waals surface area (Å²) in [6.45, 7) is 3.57. The zero-order valence-corrected chi connectivity index (χ0v) is 12.1. The van der Waals surface area contributed by atoms with E-state index in [0.29, 0.717) is 0 Å². The Balaban J connectivity index is 1.66. The van der Waals surface area contributed by atoms with Gasteiger partial charge in [0.05, 0.1) is 6.33 Å². The first kappa shape index (κ1) is 13.8. The van der Waals surface area contributed by atoms with E-state index in [1.807, 2.05) is 35.9 Å². The quantitative estimate of drug-likeness (QED) is 0.889. The van der Waals surface area contributed by atoms with Crippen LogP contribution >= 0.6 is 0 Å². The first-order valence-electron chi connectivity index (χ1n) is 7.31. The fourth-order valence-electron chi connectivity index (χ4n) is 2.82. The molecule has 1 aromatic heterocycles. The third-order valence-corrected chi connectivity index (χ3v) is 3.80. The maximum absolute atomic E-state index is 12.5. The van der Waals surface area contributed by atoms with Crippen LogP contribution in [0.4, 0.5) is 0 Å². The number of benzene rings is 1. The minimum absolute atomic E-state index is 0.0368. The highest BCUT2D eigenvalue weighted by Gasteiger charge is 2.26. The number of imidazole rings is 1. The molecule has 1 aliphatic rings. The Morgan fingerprint density at radius 1 is 1.52 bits per heavy atom. The van der Waals surface area contributed by atoms with Crippen LogP contribution in [-0.4, -0.2) is 28.0 Å². The van der Waals surface area contributed by atoms with Crippen LogP contribution in [0.3, 0.4) is 0 Å². The van der Waals surface area contributed by atoms with Crippen LogP contribution in [-0.2, 0) is 17.8 Å². The molecule has 0 saturated carbocycles. The standard InChI is InChI=1S/C16H20N4O/c1-12(10-20-9-8-17-11-20)19-16(21)15-14-5-3-2-4-13(14)6-7-18-15/h2-5,8-9,11-12,15,18H,6-7,10H2,1H3,(H,19,21). The average Bonchev–Trinajstić information content (AvgIpc) is 2.99. The van der Waals surface area contributed by atoms with Gasteiger partial charge in [0.1, 0.15) is 6.04 Å². The maximum Gasteiger partial charge on any atom is 0.242 e. The Labute approximate surface area is 124 Å². The normalized spacial score (nSPS) is 18.8. The third-order valence-electron chi connectivity index (χ3n) is 3.80. The lowest BCUT2D eigenvalue weighted by molar-refractivity contribution is -0.124. The van der Waals surface area contributed by atoms with Crippen molar-refractivity contribution in [2.75, 3.05) is 6.54 Å². The Morgan fingerprint density at radius 3 is 3.19 bits per heavy atom. The molecule has 1 aliphatic heterocycles. The molecule has 2 heterocycles. The van der Waals surface area contributed by atoms with Crippen molar-refractivity contribution in [2.45, 2.75) is 32.0 Å². The van der Waals surface area contributed by atoms with Gasteiger partial charge in [0, 0.05) is 31.5 Å². The number of aromatic nitrogens is 2. The van der Waals surface area contributed by atoms with Crippen molar-refractivity contribution < 1.29 is 4.79 Å². The molecule has 2 atom stereocenters. The summed E-state index contributed by atoms with van der Waals surface area (Å²) in [6.07, 6.45) is 6.38. The Hall–Kier alpha value is -2.14. The van der Waals surface area contributed by atoms with Gasteiger partial charge in [-0.25, -0.2) is 4.98 Å². The second kappa shape index (κ2) is 6.10. The van der Waals surface area contributed by atoms with Gasteiger partial charge in [0.2, 0.25) is 5.91 Å². The summed E-state index contributed by atoms with van der Waals surface area (Å²) < 4.78 is 1.97. The molecule has 0 radical (unpaired) electrons. The number of carbonyl (C=O) groups is 1. The van der Waals surface area contributed by atoms with E-state index in [2.05, 4.69) is 21.7 Å². The number of hydrogen-bond acceptors (Lipinski definition) is 3. The Bertz CT molecular complexity index is 608. The molecule has 110 valence electrons. The molecule has 2 N–H and O–H groups in total. The van der Waals surface area contributed by atoms with Crippen LogP contribution in [0.1, 0.15) is 24.1 Å². The van der Waals surface area contributed by atoms with Crippen molar-refractivity contribution in [3.63, 3.8) is 0 Å². The van der Waals surface area contributed by atoms with E-state index in [1.165, 1.54) is 5.56 Å². The average molecular weight is 284 g/mol. The summed E-state index contributed by atoms with van der Waals surface area (Å²) in [6, 6.07) is 7.96. The monoisotopic (exact) mass is 284 g/mol. The number of amides is 1. The Kier molecular flexibility index (Phi) is 4.01. The molecule has 1 amide bonds. The molecule has 0 saturated heterocycles. The van der Waals surface area contributed by atoms with Crippen LogP contribution in [0.2, 0.25) is 0 Å². The van der Waals surface area contributed by atoms with Crippen LogP contribution in [0, 0.1) is 0 Å². The number of nitrogens with one attached hydrogen (secondary N) is 2. The van der Waals surface area contributed by atoms with E-state index < -0.39 is 0 Å². The number of hydrogen-bond donors (Lipinski definition) is 2. The van der Waals surface area contributed by atoms with E-state index >= 15 is 0 Å². The summed E-state index contributed by atoms with van der Waals surface area (Å²) in [5.74, 6) is 0.0368. The number of rotatable bonds is 4. The van der Waals surface area contributed by atoms with Crippen molar-refractivity contribution in [2.24, 2.45) is 0 Å². The molecule has 0 aliphatic carbocycles. The molecule has 0 spiro atoms. The molecule has 2 unspecified atom stereocenters. The van der Waals surface area contributed by atoms with Gasteiger partial charge in [-0.05, 0) is 24.5 Å². The summed E-state index contributed by atoms with van der Waals surface area (Å²) in [5.41, 5.74) is 2.36. The molecule has 5 heteroatoms. The smallest absolute Gasteiger partial charge is 0.242 e. The van der Waals surface area contributed by atoms with E-state index in [1.54, 1.807) is 12.5 Å². The summed E-state index contributed by atoms with van der Waals surface area (Å²) in [5, 5.41) is 6.39. The lowest BCUT2D eigenvalue weighted by Crippen LogP contribution is -2.45. The zero-order chi connectivity index (χ0) is 14.7. The molecule has 0 bridgehead atoms. The van der Waals surface area contributed by atoms with Crippen LogP contribution in [0.15, 0.2) is 43.0 Å². The lowest BCUT2D eigenvalue weighted by atomic mass is 9.94. The van der Waals surface area contributed by atoms with Crippen molar-refractivity contribution in [1.29, 1.82) is 0 Å². The summed E-state index contributed by atoms with van der Waals surface area (Å²) in [4.78, 5) is 16.5. The molecule has 0 fully saturated rings. The predicted octanol–water partition coefficient (Wildman–Crippen LogP) is 1.27. The fourth-order valence-corrected chi connectivity index (χ4v) is 2.82. The van der Waals surface area contributed by atoms with Gasteiger partial charge in [-0.15, -0.1) is 0 Å². The number of fused-ring (bicyclic) bond motifs is 1. The first-order valence-corrected chi connectivity index (χ1v) is 7.31. The second-order valence-corrected chi connectivity index (χ2v) is 5.51. The van der Waals surface area contributed by atoms with E-state index in [9.17, 15) is 4.79 Å². The van der Waals surface area contributed by atoms with Gasteiger partial charge >= 0.3 is 0 Å². The van der Waals surface area contributed by atoms with Crippen LogP contribution in [0.25, 0.3) is 0 Å². The molecule has 3 rings (SSSR count). The number of nitrogens with zero attached hydrogens (tertiary/aromatic N) is 2. The minimum Gasteiger partial charge on any atom is -0.350 e. The van der Waals surface area contributed by atoms with E-state index in [0.717, 1.165) is 25.1 Å². The van der Waals surface area contributed by atoms with Crippen molar-refractivity contribution >= 4 is 5.91 Å². The zero-order valence-electron chi connectivity index (χ0n) is 12.1. The van der Waals surface area contributed by atoms with Gasteiger partial charge in [-0.1, -0.05) is 24.3 Å². The second-order valence-electron chi connectivity index (χ2n) is 5.51. The topological polar surface area (TPSA) is 59.0 Å². The highest BCUT2D eigenvalue weighted by atomic mass is 16.2. The molecule has 2 aromatic rings. The third kappa shape index (κ3) is 3.13.